The molecule has 1 atom stereocenters. The minimum absolute atomic E-state index is 0.254. The van der Waals surface area contributed by atoms with Crippen LogP contribution >= 0.6 is 0 Å². The number of benzene rings is 1. The van der Waals surface area contributed by atoms with E-state index in [0.717, 1.165) is 11.4 Å². The zero-order valence-electron chi connectivity index (χ0n) is 11.6. The molecule has 2 rings (SSSR count). The molecule has 1 unspecified atom stereocenters. The van der Waals surface area contributed by atoms with Crippen molar-refractivity contribution in [1.29, 1.82) is 0 Å². The SMILES string of the molecule is CN(C)c1ccc(NC(=O)C(N)c2ccccc2)cn1. The minimum atomic E-state index is -0.690. The number of hydrogen-bond acceptors (Lipinski definition) is 4. The van der Waals surface area contributed by atoms with E-state index in [1.54, 1.807) is 12.3 Å². The zero-order chi connectivity index (χ0) is 14.5. The van der Waals surface area contributed by atoms with Crippen LogP contribution in [0.25, 0.3) is 0 Å². The van der Waals surface area contributed by atoms with Crippen LogP contribution in [0.5, 0.6) is 0 Å². The number of aromatic nitrogens is 1. The number of rotatable bonds is 4. The zero-order valence-corrected chi connectivity index (χ0v) is 11.6. The maximum atomic E-state index is 12.1. The molecule has 0 radical (unpaired) electrons. The summed E-state index contributed by atoms with van der Waals surface area (Å²) in [6.07, 6.45) is 1.62. The molecule has 0 bridgehead atoms. The first-order valence-electron chi connectivity index (χ1n) is 6.32. The molecule has 5 heteroatoms. The molecule has 0 aliphatic rings. The van der Waals surface area contributed by atoms with Crippen LogP contribution in [-0.2, 0) is 4.79 Å². The van der Waals surface area contributed by atoms with E-state index < -0.39 is 6.04 Å². The summed E-state index contributed by atoms with van der Waals surface area (Å²) in [5, 5.41) is 2.76. The fourth-order valence-corrected chi connectivity index (χ4v) is 1.76. The molecule has 0 spiro atoms. The van der Waals surface area contributed by atoms with Gasteiger partial charge in [0.05, 0.1) is 11.9 Å². The van der Waals surface area contributed by atoms with Crippen molar-refractivity contribution < 1.29 is 4.79 Å². The Balaban J connectivity index is 2.04. The Bertz CT molecular complexity index is 566. The Morgan fingerprint density at radius 3 is 2.45 bits per heavy atom. The van der Waals surface area contributed by atoms with Crippen molar-refractivity contribution in [3.63, 3.8) is 0 Å². The van der Waals surface area contributed by atoms with Gasteiger partial charge in [-0.15, -0.1) is 0 Å². The van der Waals surface area contributed by atoms with Crippen molar-refractivity contribution in [3.8, 4) is 0 Å². The van der Waals surface area contributed by atoms with Gasteiger partial charge in [-0.05, 0) is 17.7 Å². The van der Waals surface area contributed by atoms with Crippen molar-refractivity contribution in [2.75, 3.05) is 24.3 Å². The van der Waals surface area contributed by atoms with Gasteiger partial charge >= 0.3 is 0 Å². The second-order valence-corrected chi connectivity index (χ2v) is 4.68. The average Bonchev–Trinajstić information content (AvgIpc) is 2.48. The minimum Gasteiger partial charge on any atom is -0.363 e. The number of anilines is 2. The van der Waals surface area contributed by atoms with Gasteiger partial charge in [-0.25, -0.2) is 4.98 Å². The van der Waals surface area contributed by atoms with Crippen molar-refractivity contribution >= 4 is 17.4 Å². The summed E-state index contributed by atoms with van der Waals surface area (Å²) in [5.41, 5.74) is 7.34. The number of nitrogens with two attached hydrogens (primary N) is 1. The van der Waals surface area contributed by atoms with Gasteiger partial charge in [-0.1, -0.05) is 30.3 Å². The number of hydrogen-bond donors (Lipinski definition) is 2. The lowest BCUT2D eigenvalue weighted by Gasteiger charge is -2.14. The first-order chi connectivity index (χ1) is 9.58. The standard InChI is InChI=1S/C15H18N4O/c1-19(2)13-9-8-12(10-17-13)18-15(20)14(16)11-6-4-3-5-7-11/h3-10,14H,16H2,1-2H3,(H,18,20). The third-order valence-electron chi connectivity index (χ3n) is 2.91. The summed E-state index contributed by atoms with van der Waals surface area (Å²) in [7, 11) is 3.82. The molecule has 1 heterocycles. The molecule has 1 aromatic carbocycles. The molecule has 0 saturated heterocycles. The number of pyridine rings is 1. The van der Waals surface area contributed by atoms with Crippen LogP contribution in [0.2, 0.25) is 0 Å². The Morgan fingerprint density at radius 2 is 1.90 bits per heavy atom. The largest absolute Gasteiger partial charge is 0.363 e. The Hall–Kier alpha value is -2.40. The monoisotopic (exact) mass is 270 g/mol. The third-order valence-corrected chi connectivity index (χ3v) is 2.91. The van der Waals surface area contributed by atoms with Gasteiger partial charge in [0.2, 0.25) is 5.91 Å². The van der Waals surface area contributed by atoms with E-state index in [0.29, 0.717) is 5.69 Å². The molecule has 0 aliphatic heterocycles. The normalized spacial score (nSPS) is 11.8. The van der Waals surface area contributed by atoms with Crippen molar-refractivity contribution in [3.05, 3.63) is 54.2 Å². The quantitative estimate of drug-likeness (QED) is 0.888. The van der Waals surface area contributed by atoms with Gasteiger partial charge in [0.1, 0.15) is 11.9 Å². The highest BCUT2D eigenvalue weighted by molar-refractivity contribution is 5.95. The molecular formula is C15H18N4O. The maximum absolute atomic E-state index is 12.1. The predicted molar refractivity (Wildman–Crippen MR) is 80.6 cm³/mol. The van der Waals surface area contributed by atoms with Crippen LogP contribution in [-0.4, -0.2) is 25.0 Å². The van der Waals surface area contributed by atoms with Crippen molar-refractivity contribution in [2.45, 2.75) is 6.04 Å². The Kier molecular flexibility index (Phi) is 4.32. The molecule has 3 N–H and O–H groups in total. The molecule has 0 fully saturated rings. The molecule has 1 amide bonds. The summed E-state index contributed by atoms with van der Waals surface area (Å²) < 4.78 is 0. The number of carbonyl (C=O) groups excluding carboxylic acids is 1. The molecule has 0 saturated carbocycles. The van der Waals surface area contributed by atoms with E-state index >= 15 is 0 Å². The van der Waals surface area contributed by atoms with Gasteiger partial charge in [-0.3, -0.25) is 4.79 Å². The first kappa shape index (κ1) is 14.0. The summed E-state index contributed by atoms with van der Waals surface area (Å²) in [5.74, 6) is 0.575. The van der Waals surface area contributed by atoms with Crippen LogP contribution in [0, 0.1) is 0 Å². The average molecular weight is 270 g/mol. The van der Waals surface area contributed by atoms with Crippen molar-refractivity contribution in [1.82, 2.24) is 4.98 Å². The highest BCUT2D eigenvalue weighted by Crippen LogP contribution is 2.15. The van der Waals surface area contributed by atoms with Gasteiger partial charge in [0.25, 0.3) is 0 Å². The van der Waals surface area contributed by atoms with Gasteiger partial charge in [0.15, 0.2) is 0 Å². The highest BCUT2D eigenvalue weighted by Gasteiger charge is 2.15. The fraction of sp³-hybridized carbons (Fsp3) is 0.200. The van der Waals surface area contributed by atoms with Crippen LogP contribution in [0.3, 0.4) is 0 Å². The molecule has 1 aromatic heterocycles. The van der Waals surface area contributed by atoms with Crippen molar-refractivity contribution in [2.24, 2.45) is 5.73 Å². The predicted octanol–water partition coefficient (Wildman–Crippen LogP) is 1.79. The molecule has 104 valence electrons. The van der Waals surface area contributed by atoms with E-state index in [1.807, 2.05) is 55.4 Å². The second kappa shape index (κ2) is 6.16. The Morgan fingerprint density at radius 1 is 1.20 bits per heavy atom. The number of nitrogens with zero attached hydrogens (tertiary/aromatic N) is 2. The van der Waals surface area contributed by atoms with E-state index in [4.69, 9.17) is 5.73 Å². The third kappa shape index (κ3) is 3.33. The van der Waals surface area contributed by atoms with Crippen LogP contribution in [0.4, 0.5) is 11.5 Å². The first-order valence-corrected chi connectivity index (χ1v) is 6.32. The van der Waals surface area contributed by atoms with Gasteiger partial charge < -0.3 is 16.0 Å². The summed E-state index contributed by atoms with van der Waals surface area (Å²) in [4.78, 5) is 18.2. The van der Waals surface area contributed by atoms with Gasteiger partial charge in [-0.2, -0.15) is 0 Å². The maximum Gasteiger partial charge on any atom is 0.245 e. The van der Waals surface area contributed by atoms with E-state index in [-0.39, 0.29) is 5.91 Å². The van der Waals surface area contributed by atoms with E-state index in [9.17, 15) is 4.79 Å². The van der Waals surface area contributed by atoms with Crippen LogP contribution in [0.1, 0.15) is 11.6 Å². The molecule has 2 aromatic rings. The lowest BCUT2D eigenvalue weighted by molar-refractivity contribution is -0.117. The van der Waals surface area contributed by atoms with Gasteiger partial charge in [0, 0.05) is 14.1 Å². The number of amides is 1. The fourth-order valence-electron chi connectivity index (χ4n) is 1.76. The van der Waals surface area contributed by atoms with E-state index in [1.165, 1.54) is 0 Å². The van der Waals surface area contributed by atoms with Crippen LogP contribution < -0.4 is 16.0 Å². The second-order valence-electron chi connectivity index (χ2n) is 4.68. The molecule has 20 heavy (non-hydrogen) atoms. The highest BCUT2D eigenvalue weighted by atomic mass is 16.2. The lowest BCUT2D eigenvalue weighted by Crippen LogP contribution is -2.27. The topological polar surface area (TPSA) is 71.2 Å². The summed E-state index contributed by atoms with van der Waals surface area (Å²) >= 11 is 0. The lowest BCUT2D eigenvalue weighted by atomic mass is 10.1. The van der Waals surface area contributed by atoms with Crippen LogP contribution in [0.15, 0.2) is 48.7 Å². The molecule has 0 aliphatic carbocycles. The summed E-state index contributed by atoms with van der Waals surface area (Å²) in [6.45, 7) is 0. The molecular weight excluding hydrogens is 252 g/mol. The number of nitrogens with one attached hydrogen (secondary N) is 1. The smallest absolute Gasteiger partial charge is 0.245 e. The Labute approximate surface area is 118 Å². The molecule has 5 nitrogen and oxygen atoms in total. The number of carbonyl (C=O) groups is 1. The summed E-state index contributed by atoms with van der Waals surface area (Å²) in [6, 6.07) is 12.2. The van der Waals surface area contributed by atoms with E-state index in [2.05, 4.69) is 10.3 Å².